The second kappa shape index (κ2) is 10.8. The van der Waals surface area contributed by atoms with Crippen LogP contribution in [-0.2, 0) is 17.6 Å². The number of carbonyl (C=O) groups is 1. The van der Waals surface area contributed by atoms with Crippen LogP contribution in [0.1, 0.15) is 56.1 Å². The standard InChI is InChI=1S/C26H33NO/c1-22(13-5-2-6-14-23-15-7-3-8-16-23)25-19-11-12-20-27(25)26(28)21-24-17-9-4-10-18-24/h3-4,7-10,15-18,25H,1-2,5-6,11-14,19-21H2. The Balaban J connectivity index is 1.44. The Labute approximate surface area is 170 Å². The van der Waals surface area contributed by atoms with Crippen LogP contribution in [0.5, 0.6) is 0 Å². The van der Waals surface area contributed by atoms with Gasteiger partial charge in [-0.05, 0) is 56.1 Å². The summed E-state index contributed by atoms with van der Waals surface area (Å²) < 4.78 is 0. The molecule has 3 rings (SSSR count). The van der Waals surface area contributed by atoms with Crippen molar-refractivity contribution in [3.63, 3.8) is 0 Å². The van der Waals surface area contributed by atoms with Crippen molar-refractivity contribution in [2.45, 2.75) is 63.8 Å². The summed E-state index contributed by atoms with van der Waals surface area (Å²) in [6.07, 6.45) is 9.69. The molecule has 1 aliphatic heterocycles. The van der Waals surface area contributed by atoms with E-state index in [9.17, 15) is 4.79 Å². The van der Waals surface area contributed by atoms with Crippen molar-refractivity contribution in [2.75, 3.05) is 6.54 Å². The highest BCUT2D eigenvalue weighted by atomic mass is 16.2. The molecule has 148 valence electrons. The Morgan fingerprint density at radius 3 is 2.29 bits per heavy atom. The summed E-state index contributed by atoms with van der Waals surface area (Å²) in [7, 11) is 0. The molecule has 1 atom stereocenters. The fraction of sp³-hybridized carbons (Fsp3) is 0.423. The van der Waals surface area contributed by atoms with Crippen LogP contribution in [-0.4, -0.2) is 23.4 Å². The van der Waals surface area contributed by atoms with Crippen molar-refractivity contribution in [1.82, 2.24) is 4.90 Å². The molecule has 0 aliphatic carbocycles. The molecule has 0 bridgehead atoms. The Kier molecular flexibility index (Phi) is 7.90. The van der Waals surface area contributed by atoms with Gasteiger partial charge in [-0.2, -0.15) is 0 Å². The largest absolute Gasteiger partial charge is 0.336 e. The lowest BCUT2D eigenvalue weighted by Crippen LogP contribution is -2.45. The Hall–Kier alpha value is -2.35. The van der Waals surface area contributed by atoms with Crippen LogP contribution in [0, 0.1) is 0 Å². The summed E-state index contributed by atoms with van der Waals surface area (Å²) in [5.74, 6) is 0.251. The van der Waals surface area contributed by atoms with Gasteiger partial charge in [0, 0.05) is 6.54 Å². The lowest BCUT2D eigenvalue weighted by atomic mass is 9.92. The van der Waals surface area contributed by atoms with E-state index in [1.807, 2.05) is 30.3 Å². The first-order chi connectivity index (χ1) is 13.7. The molecule has 1 unspecified atom stereocenters. The van der Waals surface area contributed by atoms with Gasteiger partial charge < -0.3 is 4.90 Å². The van der Waals surface area contributed by atoms with Gasteiger partial charge in [-0.3, -0.25) is 4.79 Å². The molecule has 0 aromatic heterocycles. The number of hydrogen-bond acceptors (Lipinski definition) is 1. The molecule has 1 saturated heterocycles. The third-order valence-corrected chi connectivity index (χ3v) is 5.80. The zero-order valence-electron chi connectivity index (χ0n) is 17.0. The van der Waals surface area contributed by atoms with Crippen molar-refractivity contribution < 1.29 is 4.79 Å². The zero-order chi connectivity index (χ0) is 19.6. The first-order valence-corrected chi connectivity index (χ1v) is 10.8. The van der Waals surface area contributed by atoms with Crippen LogP contribution in [0.2, 0.25) is 0 Å². The minimum atomic E-state index is 0.235. The Bertz CT molecular complexity index is 738. The average Bonchev–Trinajstić information content (AvgIpc) is 2.75. The fourth-order valence-corrected chi connectivity index (χ4v) is 4.20. The number of likely N-dealkylation sites (tertiary alicyclic amines) is 1. The number of benzene rings is 2. The van der Waals surface area contributed by atoms with E-state index < -0.39 is 0 Å². The molecule has 1 fully saturated rings. The summed E-state index contributed by atoms with van der Waals surface area (Å²) in [6, 6.07) is 21.0. The summed E-state index contributed by atoms with van der Waals surface area (Å²) in [4.78, 5) is 15.0. The summed E-state index contributed by atoms with van der Waals surface area (Å²) >= 11 is 0. The van der Waals surface area contributed by atoms with Gasteiger partial charge in [0.15, 0.2) is 0 Å². The van der Waals surface area contributed by atoms with Gasteiger partial charge in [0.2, 0.25) is 5.91 Å². The van der Waals surface area contributed by atoms with E-state index in [0.717, 1.165) is 37.8 Å². The first kappa shape index (κ1) is 20.4. The smallest absolute Gasteiger partial charge is 0.227 e. The number of carbonyl (C=O) groups excluding carboxylic acids is 1. The molecule has 1 aliphatic rings. The third kappa shape index (κ3) is 6.09. The lowest BCUT2D eigenvalue weighted by molar-refractivity contribution is -0.133. The van der Waals surface area contributed by atoms with Gasteiger partial charge in [0.1, 0.15) is 0 Å². The summed E-state index contributed by atoms with van der Waals surface area (Å²) in [5.41, 5.74) is 3.77. The Morgan fingerprint density at radius 1 is 0.893 bits per heavy atom. The quantitative estimate of drug-likeness (QED) is 0.390. The third-order valence-electron chi connectivity index (χ3n) is 5.80. The highest BCUT2D eigenvalue weighted by molar-refractivity contribution is 5.79. The molecule has 1 heterocycles. The lowest BCUT2D eigenvalue weighted by Gasteiger charge is -2.37. The minimum Gasteiger partial charge on any atom is -0.336 e. The average molecular weight is 376 g/mol. The van der Waals surface area contributed by atoms with E-state index in [1.54, 1.807) is 0 Å². The number of unbranched alkanes of at least 4 members (excludes halogenated alkanes) is 2. The summed E-state index contributed by atoms with van der Waals surface area (Å²) in [5, 5.41) is 0. The van der Waals surface area contributed by atoms with Gasteiger partial charge in [-0.1, -0.05) is 79.2 Å². The zero-order valence-corrected chi connectivity index (χ0v) is 17.0. The number of piperidine rings is 1. The van der Waals surface area contributed by atoms with Gasteiger partial charge >= 0.3 is 0 Å². The van der Waals surface area contributed by atoms with E-state index in [0.29, 0.717) is 6.42 Å². The second-order valence-corrected chi connectivity index (χ2v) is 7.97. The van der Waals surface area contributed by atoms with Crippen LogP contribution in [0.25, 0.3) is 0 Å². The van der Waals surface area contributed by atoms with Crippen molar-refractivity contribution >= 4 is 5.91 Å². The molecule has 0 radical (unpaired) electrons. The number of aryl methyl sites for hydroxylation is 1. The van der Waals surface area contributed by atoms with E-state index in [1.165, 1.54) is 36.8 Å². The predicted molar refractivity (Wildman–Crippen MR) is 117 cm³/mol. The minimum absolute atomic E-state index is 0.235. The van der Waals surface area contributed by atoms with Crippen molar-refractivity contribution in [2.24, 2.45) is 0 Å². The van der Waals surface area contributed by atoms with Crippen molar-refractivity contribution in [3.05, 3.63) is 83.9 Å². The molecule has 2 nitrogen and oxygen atoms in total. The van der Waals surface area contributed by atoms with Crippen LogP contribution < -0.4 is 0 Å². The molecule has 0 saturated carbocycles. The maximum atomic E-state index is 12.9. The topological polar surface area (TPSA) is 20.3 Å². The highest BCUT2D eigenvalue weighted by Gasteiger charge is 2.28. The molecule has 0 N–H and O–H groups in total. The van der Waals surface area contributed by atoms with E-state index >= 15 is 0 Å². The van der Waals surface area contributed by atoms with Crippen LogP contribution in [0.15, 0.2) is 72.8 Å². The monoisotopic (exact) mass is 375 g/mol. The van der Waals surface area contributed by atoms with Crippen LogP contribution in [0.3, 0.4) is 0 Å². The predicted octanol–water partition coefficient (Wildman–Crippen LogP) is 5.97. The maximum Gasteiger partial charge on any atom is 0.227 e. The molecule has 0 spiro atoms. The molecule has 28 heavy (non-hydrogen) atoms. The van der Waals surface area contributed by atoms with Gasteiger partial charge in [0.05, 0.1) is 12.5 Å². The highest BCUT2D eigenvalue weighted by Crippen LogP contribution is 2.26. The molecule has 2 aromatic carbocycles. The maximum absolute atomic E-state index is 12.9. The number of nitrogens with zero attached hydrogens (tertiary/aromatic N) is 1. The molecule has 2 aromatic rings. The Morgan fingerprint density at radius 2 is 1.57 bits per heavy atom. The number of hydrogen-bond donors (Lipinski definition) is 0. The fourth-order valence-electron chi connectivity index (χ4n) is 4.20. The molecular weight excluding hydrogens is 342 g/mol. The first-order valence-electron chi connectivity index (χ1n) is 10.8. The van der Waals surface area contributed by atoms with E-state index in [4.69, 9.17) is 0 Å². The SMILES string of the molecule is C=C(CCCCCc1ccccc1)C1CCCCN1C(=O)Cc1ccccc1. The molecular formula is C26H33NO. The summed E-state index contributed by atoms with van der Waals surface area (Å²) in [6.45, 7) is 5.26. The molecule has 1 amide bonds. The normalized spacial score (nSPS) is 16.7. The van der Waals surface area contributed by atoms with Crippen molar-refractivity contribution in [1.29, 1.82) is 0 Å². The van der Waals surface area contributed by atoms with Crippen LogP contribution in [0.4, 0.5) is 0 Å². The van der Waals surface area contributed by atoms with Gasteiger partial charge in [0.25, 0.3) is 0 Å². The second-order valence-electron chi connectivity index (χ2n) is 7.97. The van der Waals surface area contributed by atoms with Gasteiger partial charge in [-0.15, -0.1) is 0 Å². The van der Waals surface area contributed by atoms with Gasteiger partial charge in [-0.25, -0.2) is 0 Å². The molecule has 2 heteroatoms. The van der Waals surface area contributed by atoms with Crippen molar-refractivity contribution in [3.8, 4) is 0 Å². The number of rotatable bonds is 9. The number of amides is 1. The van der Waals surface area contributed by atoms with E-state index in [-0.39, 0.29) is 11.9 Å². The van der Waals surface area contributed by atoms with E-state index in [2.05, 4.69) is 41.8 Å². The van der Waals surface area contributed by atoms with Crippen LogP contribution >= 0.6 is 0 Å².